The molecular formula is C22H27N5O2. The van der Waals surface area contributed by atoms with E-state index in [0.717, 1.165) is 42.7 Å². The van der Waals surface area contributed by atoms with Crippen LogP contribution in [0.2, 0.25) is 0 Å². The van der Waals surface area contributed by atoms with Crippen molar-refractivity contribution in [3.8, 4) is 0 Å². The van der Waals surface area contributed by atoms with Gasteiger partial charge in [0, 0.05) is 31.0 Å². The fourth-order valence-corrected chi connectivity index (χ4v) is 5.40. The lowest BCUT2D eigenvalue weighted by atomic mass is 9.73. The van der Waals surface area contributed by atoms with E-state index < -0.39 is 5.41 Å². The van der Waals surface area contributed by atoms with Crippen molar-refractivity contribution in [2.24, 2.45) is 7.05 Å². The lowest BCUT2D eigenvalue weighted by Gasteiger charge is -2.35. The number of para-hydroxylation sites is 1. The summed E-state index contributed by atoms with van der Waals surface area (Å²) in [6.45, 7) is 2.96. The van der Waals surface area contributed by atoms with Gasteiger partial charge in [-0.15, -0.1) is 0 Å². The van der Waals surface area contributed by atoms with Crippen LogP contribution < -0.4 is 5.32 Å². The second kappa shape index (κ2) is 6.99. The largest absolute Gasteiger partial charge is 0.333 e. The molecule has 1 spiro atoms. The van der Waals surface area contributed by atoms with Crippen molar-refractivity contribution in [2.45, 2.75) is 37.1 Å². The maximum absolute atomic E-state index is 13.4. The summed E-state index contributed by atoms with van der Waals surface area (Å²) in [4.78, 5) is 30.9. The monoisotopic (exact) mass is 393 g/mol. The molecule has 2 aromatic rings. The first-order chi connectivity index (χ1) is 14.1. The standard InChI is InChI=1S/C22H27N5O2/c1-25-14-16(13-23-25)20-22(17-7-3-4-8-18(17)24-21(22)29)9-12-27(20)19(28)15-26-10-5-2-6-11-26/h3-4,7-8,13-14,20H,2,5-6,9-12,15H2,1H3,(H,24,29)/t20-,22+/m0/s1. The van der Waals surface area contributed by atoms with E-state index in [4.69, 9.17) is 0 Å². The molecule has 29 heavy (non-hydrogen) atoms. The summed E-state index contributed by atoms with van der Waals surface area (Å²) in [5, 5.41) is 7.41. The number of aromatic nitrogens is 2. The van der Waals surface area contributed by atoms with Crippen LogP contribution in [0.3, 0.4) is 0 Å². The van der Waals surface area contributed by atoms with Gasteiger partial charge in [-0.2, -0.15) is 5.10 Å². The van der Waals surface area contributed by atoms with Crippen LogP contribution >= 0.6 is 0 Å². The van der Waals surface area contributed by atoms with Gasteiger partial charge in [0.05, 0.1) is 18.8 Å². The van der Waals surface area contributed by atoms with Gasteiger partial charge in [-0.3, -0.25) is 19.2 Å². The third-order valence-electron chi connectivity index (χ3n) is 6.76. The lowest BCUT2D eigenvalue weighted by Crippen LogP contribution is -2.46. The molecule has 0 radical (unpaired) electrons. The Morgan fingerprint density at radius 1 is 1.21 bits per heavy atom. The predicted octanol–water partition coefficient (Wildman–Crippen LogP) is 2.07. The summed E-state index contributed by atoms with van der Waals surface area (Å²) in [6.07, 6.45) is 7.91. The summed E-state index contributed by atoms with van der Waals surface area (Å²) in [7, 11) is 1.87. The Hall–Kier alpha value is -2.67. The zero-order chi connectivity index (χ0) is 20.0. The molecule has 5 rings (SSSR count). The number of fused-ring (bicyclic) bond motifs is 2. The number of carbonyl (C=O) groups excluding carboxylic acids is 2. The van der Waals surface area contributed by atoms with Gasteiger partial charge >= 0.3 is 0 Å². The molecule has 2 amide bonds. The molecule has 1 aromatic heterocycles. The van der Waals surface area contributed by atoms with E-state index in [9.17, 15) is 9.59 Å². The summed E-state index contributed by atoms with van der Waals surface area (Å²) in [5.74, 6) is 0.0932. The maximum Gasteiger partial charge on any atom is 0.237 e. The number of amides is 2. The highest BCUT2D eigenvalue weighted by atomic mass is 16.2. The van der Waals surface area contributed by atoms with Crippen molar-refractivity contribution in [1.82, 2.24) is 19.6 Å². The van der Waals surface area contributed by atoms with Crippen LogP contribution in [0.5, 0.6) is 0 Å². The molecule has 7 heteroatoms. The fourth-order valence-electron chi connectivity index (χ4n) is 5.40. The molecule has 1 N–H and O–H groups in total. The Bertz CT molecular complexity index is 948. The lowest BCUT2D eigenvalue weighted by molar-refractivity contribution is -0.134. The quantitative estimate of drug-likeness (QED) is 0.867. The highest BCUT2D eigenvalue weighted by molar-refractivity contribution is 6.07. The second-order valence-corrected chi connectivity index (χ2v) is 8.49. The van der Waals surface area contributed by atoms with Crippen LogP contribution in [-0.2, 0) is 22.1 Å². The summed E-state index contributed by atoms with van der Waals surface area (Å²) in [6, 6.07) is 7.54. The van der Waals surface area contributed by atoms with Crippen LogP contribution in [0.1, 0.15) is 42.9 Å². The van der Waals surface area contributed by atoms with Crippen LogP contribution in [-0.4, -0.2) is 57.6 Å². The highest BCUT2D eigenvalue weighted by Gasteiger charge is 2.59. The number of piperidine rings is 1. The molecule has 2 saturated heterocycles. The van der Waals surface area contributed by atoms with Crippen molar-refractivity contribution in [2.75, 3.05) is 31.5 Å². The van der Waals surface area contributed by atoms with E-state index in [1.165, 1.54) is 6.42 Å². The number of benzene rings is 1. The number of nitrogens with one attached hydrogen (secondary N) is 1. The Balaban J connectivity index is 1.53. The fraction of sp³-hybridized carbons (Fsp3) is 0.500. The Morgan fingerprint density at radius 2 is 2.00 bits per heavy atom. The van der Waals surface area contributed by atoms with E-state index >= 15 is 0 Å². The van der Waals surface area contributed by atoms with Gasteiger partial charge in [-0.25, -0.2) is 0 Å². The summed E-state index contributed by atoms with van der Waals surface area (Å²) in [5.41, 5.74) is 2.02. The minimum absolute atomic E-state index is 0.0131. The molecular weight excluding hydrogens is 366 g/mol. The van der Waals surface area contributed by atoms with Crippen molar-refractivity contribution in [3.05, 3.63) is 47.8 Å². The minimum Gasteiger partial charge on any atom is -0.333 e. The van der Waals surface area contributed by atoms with Crippen molar-refractivity contribution < 1.29 is 9.59 Å². The smallest absolute Gasteiger partial charge is 0.237 e. The van der Waals surface area contributed by atoms with Crippen LogP contribution in [0.15, 0.2) is 36.7 Å². The Labute approximate surface area is 170 Å². The van der Waals surface area contributed by atoms with E-state index in [1.807, 2.05) is 42.4 Å². The van der Waals surface area contributed by atoms with Gasteiger partial charge in [0.25, 0.3) is 0 Å². The highest BCUT2D eigenvalue weighted by Crippen LogP contribution is 2.54. The third kappa shape index (κ3) is 2.87. The van der Waals surface area contributed by atoms with Crippen molar-refractivity contribution >= 4 is 17.5 Å². The number of likely N-dealkylation sites (tertiary alicyclic amines) is 2. The molecule has 4 heterocycles. The first-order valence-corrected chi connectivity index (χ1v) is 10.5. The molecule has 3 aliphatic heterocycles. The van der Waals surface area contributed by atoms with E-state index in [1.54, 1.807) is 10.9 Å². The van der Waals surface area contributed by atoms with Crippen LogP contribution in [0.25, 0.3) is 0 Å². The number of carbonyl (C=O) groups is 2. The van der Waals surface area contributed by atoms with E-state index in [0.29, 0.717) is 19.5 Å². The zero-order valence-corrected chi connectivity index (χ0v) is 16.8. The molecule has 152 valence electrons. The molecule has 1 aromatic carbocycles. The molecule has 0 bridgehead atoms. The average molecular weight is 393 g/mol. The molecule has 7 nitrogen and oxygen atoms in total. The average Bonchev–Trinajstić information content (AvgIpc) is 3.40. The van der Waals surface area contributed by atoms with Crippen molar-refractivity contribution in [3.63, 3.8) is 0 Å². The minimum atomic E-state index is -0.753. The molecule has 0 aliphatic carbocycles. The third-order valence-corrected chi connectivity index (χ3v) is 6.76. The van der Waals surface area contributed by atoms with Crippen LogP contribution in [0, 0.1) is 0 Å². The summed E-state index contributed by atoms with van der Waals surface area (Å²) >= 11 is 0. The van der Waals surface area contributed by atoms with Crippen LogP contribution in [0.4, 0.5) is 5.69 Å². The Morgan fingerprint density at radius 3 is 2.76 bits per heavy atom. The number of rotatable bonds is 3. The number of aryl methyl sites for hydroxylation is 1. The van der Waals surface area contributed by atoms with Gasteiger partial charge in [-0.1, -0.05) is 24.6 Å². The van der Waals surface area contributed by atoms with E-state index in [-0.39, 0.29) is 17.9 Å². The first-order valence-electron chi connectivity index (χ1n) is 10.5. The molecule has 0 saturated carbocycles. The normalized spacial score (nSPS) is 26.7. The number of hydrogen-bond acceptors (Lipinski definition) is 4. The van der Waals surface area contributed by atoms with Gasteiger partial charge in [0.2, 0.25) is 11.8 Å². The molecule has 3 aliphatic rings. The Kier molecular flexibility index (Phi) is 4.42. The SMILES string of the molecule is Cn1cc([C@@H]2N(C(=O)CN3CCCCC3)CC[C@]23C(=O)Nc2ccccc23)cn1. The maximum atomic E-state index is 13.4. The van der Waals surface area contributed by atoms with Gasteiger partial charge < -0.3 is 10.2 Å². The number of nitrogens with zero attached hydrogens (tertiary/aromatic N) is 4. The summed E-state index contributed by atoms with van der Waals surface area (Å²) < 4.78 is 1.74. The molecule has 2 fully saturated rings. The number of anilines is 1. The molecule has 0 unspecified atom stereocenters. The topological polar surface area (TPSA) is 70.5 Å². The predicted molar refractivity (Wildman–Crippen MR) is 109 cm³/mol. The van der Waals surface area contributed by atoms with Gasteiger partial charge in [0.1, 0.15) is 5.41 Å². The van der Waals surface area contributed by atoms with Gasteiger partial charge in [-0.05, 0) is 44.0 Å². The van der Waals surface area contributed by atoms with Gasteiger partial charge in [0.15, 0.2) is 0 Å². The zero-order valence-electron chi connectivity index (χ0n) is 16.8. The molecule has 2 atom stereocenters. The van der Waals surface area contributed by atoms with E-state index in [2.05, 4.69) is 15.3 Å². The second-order valence-electron chi connectivity index (χ2n) is 8.49. The first kappa shape index (κ1) is 18.4. The number of hydrogen-bond donors (Lipinski definition) is 1. The van der Waals surface area contributed by atoms with Crippen molar-refractivity contribution in [1.29, 1.82) is 0 Å².